The van der Waals surface area contributed by atoms with Crippen molar-refractivity contribution in [3.8, 4) is 32.8 Å². The quantitative estimate of drug-likeness (QED) is 0.171. The first-order valence-corrected chi connectivity index (χ1v) is 19.7. The van der Waals surface area contributed by atoms with Crippen LogP contribution in [0.1, 0.15) is 0 Å². The fourth-order valence-electron chi connectivity index (χ4n) is 7.84. The molecule has 0 saturated carbocycles. The van der Waals surface area contributed by atoms with Gasteiger partial charge in [-0.15, -0.1) is 22.7 Å². The first-order chi connectivity index (χ1) is 26.8. The van der Waals surface area contributed by atoms with E-state index in [1.807, 2.05) is 17.4 Å². The molecular formula is C49H30N2OS2. The molecular weight excluding hydrogens is 697 g/mol. The molecule has 5 heteroatoms. The summed E-state index contributed by atoms with van der Waals surface area (Å²) in [7, 11) is 0. The Hall–Kier alpha value is -6.53. The number of aromatic nitrogens is 1. The molecule has 8 aromatic carbocycles. The second-order valence-electron chi connectivity index (χ2n) is 13.5. The summed E-state index contributed by atoms with van der Waals surface area (Å²) in [4.78, 5) is 7.48. The minimum absolute atomic E-state index is 0.869. The van der Waals surface area contributed by atoms with Crippen molar-refractivity contribution in [2.45, 2.75) is 0 Å². The highest BCUT2D eigenvalue weighted by Gasteiger charge is 2.21. The Morgan fingerprint density at radius 2 is 1.09 bits per heavy atom. The fraction of sp³-hybridized carbons (Fsp3) is 0. The van der Waals surface area contributed by atoms with Crippen molar-refractivity contribution >= 4 is 92.1 Å². The molecule has 3 nitrogen and oxygen atoms in total. The van der Waals surface area contributed by atoms with Crippen LogP contribution in [0.25, 0.3) is 85.2 Å². The topological polar surface area (TPSA) is 29.3 Å². The molecule has 0 unspecified atom stereocenters. The third-order valence-electron chi connectivity index (χ3n) is 10.3. The van der Waals surface area contributed by atoms with Crippen molar-refractivity contribution in [3.63, 3.8) is 0 Å². The third-order valence-corrected chi connectivity index (χ3v) is 12.6. The lowest BCUT2D eigenvalue weighted by Gasteiger charge is -2.26. The molecule has 3 aromatic heterocycles. The lowest BCUT2D eigenvalue weighted by Crippen LogP contribution is -2.10. The van der Waals surface area contributed by atoms with E-state index >= 15 is 0 Å². The summed E-state index contributed by atoms with van der Waals surface area (Å²) in [5.74, 6) is 0. The maximum Gasteiger partial charge on any atom is 0.137 e. The average molecular weight is 727 g/mol. The van der Waals surface area contributed by atoms with Crippen LogP contribution in [-0.4, -0.2) is 4.98 Å². The highest BCUT2D eigenvalue weighted by molar-refractivity contribution is 7.28. The Morgan fingerprint density at radius 3 is 1.89 bits per heavy atom. The van der Waals surface area contributed by atoms with E-state index in [9.17, 15) is 0 Å². The standard InChI is InChI=1S/C49H30N2OS2/c1-3-12-31(13-4-1)36-16-7-8-17-37(36)32-22-24-34(25-23-32)51(41-19-11-21-43-46(41)38-18-9-10-20-42(38)52-43)35-26-28-44-39(30-35)47-45(53-44)29-27-40-48(47)54-49(50-40)33-14-5-2-6-15-33/h1-30H. The largest absolute Gasteiger partial charge is 0.456 e. The van der Waals surface area contributed by atoms with E-state index in [0.717, 1.165) is 55.1 Å². The molecule has 0 N–H and O–H groups in total. The number of benzene rings is 8. The summed E-state index contributed by atoms with van der Waals surface area (Å²) in [5.41, 5.74) is 12.0. The van der Waals surface area contributed by atoms with Crippen LogP contribution in [0.5, 0.6) is 0 Å². The number of hydrogen-bond donors (Lipinski definition) is 0. The van der Waals surface area contributed by atoms with Crippen molar-refractivity contribution in [3.05, 3.63) is 182 Å². The predicted molar refractivity (Wildman–Crippen MR) is 231 cm³/mol. The molecule has 54 heavy (non-hydrogen) atoms. The zero-order chi connectivity index (χ0) is 35.6. The Kier molecular flexibility index (Phi) is 7.22. The number of hydrogen-bond acceptors (Lipinski definition) is 5. The van der Waals surface area contributed by atoms with E-state index in [2.05, 4.69) is 181 Å². The van der Waals surface area contributed by atoms with Crippen molar-refractivity contribution in [1.29, 1.82) is 0 Å². The van der Waals surface area contributed by atoms with E-state index in [1.165, 1.54) is 47.1 Å². The molecule has 3 heterocycles. The summed E-state index contributed by atoms with van der Waals surface area (Å²) in [6.07, 6.45) is 0. The van der Waals surface area contributed by atoms with E-state index in [0.29, 0.717) is 0 Å². The maximum atomic E-state index is 6.42. The molecule has 0 spiro atoms. The van der Waals surface area contributed by atoms with Gasteiger partial charge in [0.15, 0.2) is 0 Å². The van der Waals surface area contributed by atoms with Crippen LogP contribution in [0.2, 0.25) is 0 Å². The van der Waals surface area contributed by atoms with E-state index in [4.69, 9.17) is 9.40 Å². The number of thiophene rings is 1. The zero-order valence-electron chi connectivity index (χ0n) is 28.9. The molecule has 0 aliphatic carbocycles. The van der Waals surface area contributed by atoms with Crippen molar-refractivity contribution < 1.29 is 4.42 Å². The van der Waals surface area contributed by atoms with Gasteiger partial charge in [0, 0.05) is 42.5 Å². The van der Waals surface area contributed by atoms with Gasteiger partial charge in [-0.1, -0.05) is 121 Å². The molecule has 0 amide bonds. The third kappa shape index (κ3) is 5.05. The van der Waals surface area contributed by atoms with Gasteiger partial charge in [0.1, 0.15) is 16.2 Å². The zero-order valence-corrected chi connectivity index (χ0v) is 30.6. The van der Waals surface area contributed by atoms with Crippen LogP contribution in [-0.2, 0) is 0 Å². The van der Waals surface area contributed by atoms with Crippen LogP contribution in [0.3, 0.4) is 0 Å². The van der Waals surface area contributed by atoms with E-state index < -0.39 is 0 Å². The van der Waals surface area contributed by atoms with Crippen LogP contribution < -0.4 is 4.90 Å². The lowest BCUT2D eigenvalue weighted by molar-refractivity contribution is 0.669. The highest BCUT2D eigenvalue weighted by atomic mass is 32.1. The van der Waals surface area contributed by atoms with Gasteiger partial charge in [-0.2, -0.15) is 0 Å². The predicted octanol–water partition coefficient (Wildman–Crippen LogP) is 15.0. The SMILES string of the molecule is c1ccc(-c2nc3ccc4sc5ccc(N(c6ccc(-c7ccccc7-c7ccccc7)cc6)c6cccc7oc8ccccc8c67)cc5c4c3s2)cc1. The number of rotatable bonds is 6. The smallest absolute Gasteiger partial charge is 0.137 e. The summed E-state index contributed by atoms with van der Waals surface area (Å²) >= 11 is 3.62. The number of furan rings is 1. The molecule has 254 valence electrons. The molecule has 11 aromatic rings. The van der Waals surface area contributed by atoms with Gasteiger partial charge < -0.3 is 9.32 Å². The average Bonchev–Trinajstić information content (AvgIpc) is 3.95. The molecule has 0 radical (unpaired) electrons. The highest BCUT2D eigenvalue weighted by Crippen LogP contribution is 2.47. The minimum atomic E-state index is 0.869. The lowest BCUT2D eigenvalue weighted by atomic mass is 9.94. The van der Waals surface area contributed by atoms with Crippen LogP contribution in [0, 0.1) is 0 Å². The fourth-order valence-corrected chi connectivity index (χ4v) is 10.1. The molecule has 0 bridgehead atoms. The number of para-hydroxylation sites is 1. The molecule has 0 atom stereocenters. The van der Waals surface area contributed by atoms with Gasteiger partial charge in [-0.05, 0) is 82.9 Å². The Balaban J connectivity index is 1.12. The summed E-state index contributed by atoms with van der Waals surface area (Å²) < 4.78 is 10.2. The first-order valence-electron chi connectivity index (χ1n) is 18.0. The Morgan fingerprint density at radius 1 is 0.444 bits per heavy atom. The van der Waals surface area contributed by atoms with Crippen molar-refractivity contribution in [1.82, 2.24) is 4.98 Å². The number of anilines is 3. The normalized spacial score (nSPS) is 11.7. The maximum absolute atomic E-state index is 6.42. The van der Waals surface area contributed by atoms with Crippen molar-refractivity contribution in [2.24, 2.45) is 0 Å². The molecule has 0 fully saturated rings. The van der Waals surface area contributed by atoms with E-state index in [1.54, 1.807) is 11.3 Å². The van der Waals surface area contributed by atoms with E-state index in [-0.39, 0.29) is 0 Å². The van der Waals surface area contributed by atoms with Gasteiger partial charge in [0.25, 0.3) is 0 Å². The number of thiazole rings is 1. The molecule has 0 aliphatic heterocycles. The summed E-state index contributed by atoms with van der Waals surface area (Å²) in [6, 6.07) is 64.8. The molecule has 11 rings (SSSR count). The number of fused-ring (bicyclic) bond motifs is 8. The minimum Gasteiger partial charge on any atom is -0.456 e. The van der Waals surface area contributed by atoms with Gasteiger partial charge in [0.05, 0.1) is 21.3 Å². The first kappa shape index (κ1) is 31.0. The molecule has 0 saturated heterocycles. The monoisotopic (exact) mass is 726 g/mol. The Labute approximate surface area is 319 Å². The van der Waals surface area contributed by atoms with Gasteiger partial charge in [-0.3, -0.25) is 0 Å². The Bertz CT molecular complexity index is 3160. The second-order valence-corrected chi connectivity index (χ2v) is 15.6. The number of nitrogens with zero attached hydrogens (tertiary/aromatic N) is 2. The second kappa shape index (κ2) is 12.6. The van der Waals surface area contributed by atoms with Crippen LogP contribution in [0.4, 0.5) is 17.1 Å². The van der Waals surface area contributed by atoms with Crippen LogP contribution >= 0.6 is 22.7 Å². The summed E-state index contributed by atoms with van der Waals surface area (Å²) in [6.45, 7) is 0. The van der Waals surface area contributed by atoms with Gasteiger partial charge >= 0.3 is 0 Å². The summed E-state index contributed by atoms with van der Waals surface area (Å²) in [5, 5.41) is 5.75. The van der Waals surface area contributed by atoms with Gasteiger partial charge in [0.2, 0.25) is 0 Å². The molecule has 0 aliphatic rings. The van der Waals surface area contributed by atoms with Crippen molar-refractivity contribution in [2.75, 3.05) is 4.90 Å². The van der Waals surface area contributed by atoms with Gasteiger partial charge in [-0.25, -0.2) is 4.98 Å². The van der Waals surface area contributed by atoms with Crippen LogP contribution in [0.15, 0.2) is 186 Å².